The minimum Gasteiger partial charge on any atom is -0.363 e. The number of allylic oxidation sites excluding steroid dienone is 1. The maximum atomic E-state index is 14.6. The van der Waals surface area contributed by atoms with Crippen molar-refractivity contribution in [3.63, 3.8) is 0 Å². The minimum absolute atomic E-state index is 0.0147. The Balaban J connectivity index is 1.88. The predicted molar refractivity (Wildman–Crippen MR) is 136 cm³/mol. The van der Waals surface area contributed by atoms with Gasteiger partial charge in [-0.05, 0) is 23.1 Å². The number of alkyl halides is 3. The van der Waals surface area contributed by atoms with E-state index in [0.29, 0.717) is 17.3 Å². The van der Waals surface area contributed by atoms with Gasteiger partial charge in [0, 0.05) is 16.5 Å². The predicted octanol–water partition coefficient (Wildman–Crippen LogP) is 6.19. The third kappa shape index (κ3) is 5.18. The Bertz CT molecular complexity index is 1390. The first-order chi connectivity index (χ1) is 17.6. The number of rotatable bonds is 7. The van der Waals surface area contributed by atoms with Gasteiger partial charge in [0.2, 0.25) is 5.72 Å². The van der Waals surface area contributed by atoms with Gasteiger partial charge in [-0.15, -0.1) is 11.3 Å². The highest BCUT2D eigenvalue weighted by Crippen LogP contribution is 2.52. The second-order valence-electron chi connectivity index (χ2n) is 8.14. The average molecular weight is 563 g/mol. The molecular weight excluding hydrogens is 545 g/mol. The molecule has 4 rings (SSSR count). The maximum absolute atomic E-state index is 14.6. The van der Waals surface area contributed by atoms with E-state index in [-0.39, 0.29) is 37.6 Å². The van der Waals surface area contributed by atoms with Gasteiger partial charge in [0.15, 0.2) is 11.6 Å². The third-order valence-electron chi connectivity index (χ3n) is 5.93. The lowest BCUT2D eigenvalue weighted by Gasteiger charge is -2.45. The van der Waals surface area contributed by atoms with Gasteiger partial charge in [0.05, 0.1) is 33.2 Å². The van der Waals surface area contributed by atoms with Crippen LogP contribution in [-0.2, 0) is 0 Å². The van der Waals surface area contributed by atoms with Crippen LogP contribution < -0.4 is 5.32 Å². The van der Waals surface area contributed by atoms with Gasteiger partial charge in [-0.25, -0.2) is 0 Å². The summed E-state index contributed by atoms with van der Waals surface area (Å²) >= 11 is 7.93. The Labute approximate surface area is 223 Å². The minimum atomic E-state index is -5.33. The van der Waals surface area contributed by atoms with Crippen LogP contribution in [0.25, 0.3) is 0 Å². The number of carbonyl (C=O) groups excluding carboxylic acids is 2. The summed E-state index contributed by atoms with van der Waals surface area (Å²) in [6, 6.07) is 18.8. The number of nitrogens with one attached hydrogen (secondary N) is 1. The van der Waals surface area contributed by atoms with Gasteiger partial charge in [0.1, 0.15) is 0 Å². The number of Topliss-reactive ketones (excluding diaryl/α,β-unsaturated/α-hetero) is 2. The molecule has 11 heteroatoms. The van der Waals surface area contributed by atoms with E-state index in [0.717, 1.165) is 11.3 Å². The molecule has 5 nitrogen and oxygen atoms in total. The van der Waals surface area contributed by atoms with Gasteiger partial charge in [-0.1, -0.05) is 78.0 Å². The molecule has 0 radical (unpaired) electrons. The van der Waals surface area contributed by atoms with Crippen LogP contribution in [0.3, 0.4) is 0 Å². The van der Waals surface area contributed by atoms with E-state index in [1.807, 2.05) is 11.4 Å². The van der Waals surface area contributed by atoms with E-state index in [2.05, 4.69) is 0 Å². The molecule has 2 aromatic carbocycles. The molecular formula is C26H18ClF3N2O3S2. The lowest BCUT2D eigenvalue weighted by Crippen LogP contribution is -2.66. The van der Waals surface area contributed by atoms with Gasteiger partial charge < -0.3 is 10.4 Å². The van der Waals surface area contributed by atoms with Crippen molar-refractivity contribution < 1.29 is 27.9 Å². The summed E-state index contributed by atoms with van der Waals surface area (Å²) in [5.41, 5.74) is -3.57. The monoisotopic (exact) mass is 562 g/mol. The fourth-order valence-corrected chi connectivity index (χ4v) is 6.12. The van der Waals surface area contributed by atoms with Gasteiger partial charge in [0.25, 0.3) is 0 Å². The van der Waals surface area contributed by atoms with Crippen LogP contribution in [0, 0.1) is 17.2 Å². The highest BCUT2D eigenvalue weighted by molar-refractivity contribution is 8.03. The van der Waals surface area contributed by atoms with Gasteiger partial charge in [-0.2, -0.15) is 18.4 Å². The van der Waals surface area contributed by atoms with Crippen LogP contribution in [0.1, 0.15) is 31.5 Å². The van der Waals surface area contributed by atoms with Crippen LogP contribution >= 0.6 is 34.7 Å². The molecule has 0 saturated heterocycles. The molecule has 0 unspecified atom stereocenters. The number of aliphatic hydroxyl groups is 1. The van der Waals surface area contributed by atoms with Crippen molar-refractivity contribution in [2.45, 2.75) is 17.8 Å². The molecule has 190 valence electrons. The molecule has 1 aromatic heterocycles. The highest BCUT2D eigenvalue weighted by atomic mass is 35.5. The molecule has 2 N–H and O–H groups in total. The molecule has 3 atom stereocenters. The fourth-order valence-electron chi connectivity index (χ4n) is 4.17. The summed E-state index contributed by atoms with van der Waals surface area (Å²) in [7, 11) is 0. The van der Waals surface area contributed by atoms with Crippen molar-refractivity contribution in [2.24, 2.45) is 5.92 Å². The van der Waals surface area contributed by atoms with Crippen LogP contribution in [0.2, 0.25) is 5.02 Å². The number of carbonyl (C=O) groups is 2. The molecule has 1 aliphatic rings. The second-order valence-corrected chi connectivity index (χ2v) is 10.5. The van der Waals surface area contributed by atoms with E-state index in [4.69, 9.17) is 11.6 Å². The summed E-state index contributed by atoms with van der Waals surface area (Å²) in [4.78, 5) is 26.2. The molecule has 0 amide bonds. The Morgan fingerprint density at radius 2 is 1.78 bits per heavy atom. The van der Waals surface area contributed by atoms with E-state index in [1.165, 1.54) is 35.7 Å². The summed E-state index contributed by atoms with van der Waals surface area (Å²) in [6.07, 6.45) is -5.33. The lowest BCUT2D eigenvalue weighted by atomic mass is 9.70. The number of nitriles is 1. The maximum Gasteiger partial charge on any atom is 0.437 e. The van der Waals surface area contributed by atoms with Crippen LogP contribution in [-0.4, -0.2) is 34.3 Å². The molecule has 0 aliphatic carbocycles. The van der Waals surface area contributed by atoms with Crippen molar-refractivity contribution in [3.05, 3.63) is 104 Å². The van der Waals surface area contributed by atoms with Crippen molar-refractivity contribution in [1.82, 2.24) is 5.32 Å². The molecule has 1 aliphatic heterocycles. The molecule has 0 spiro atoms. The van der Waals surface area contributed by atoms with Crippen LogP contribution in [0.15, 0.2) is 82.7 Å². The number of thiophene rings is 1. The van der Waals surface area contributed by atoms with E-state index < -0.39 is 29.5 Å². The van der Waals surface area contributed by atoms with Gasteiger partial charge >= 0.3 is 6.18 Å². The molecule has 2 heterocycles. The quantitative estimate of drug-likeness (QED) is 0.334. The zero-order chi connectivity index (χ0) is 26.8. The van der Waals surface area contributed by atoms with Crippen LogP contribution in [0.5, 0.6) is 0 Å². The van der Waals surface area contributed by atoms with Crippen molar-refractivity contribution in [2.75, 3.05) is 5.75 Å². The van der Waals surface area contributed by atoms with Crippen molar-refractivity contribution in [3.8, 4) is 6.07 Å². The fraction of sp³-hybridized carbons (Fsp3) is 0.192. The topological polar surface area (TPSA) is 90.2 Å². The Morgan fingerprint density at radius 1 is 1.11 bits per heavy atom. The second kappa shape index (κ2) is 10.7. The first-order valence-corrected chi connectivity index (χ1v) is 13.1. The smallest absolute Gasteiger partial charge is 0.363 e. The number of halogens is 4. The van der Waals surface area contributed by atoms with Crippen molar-refractivity contribution in [1.29, 1.82) is 5.26 Å². The lowest BCUT2D eigenvalue weighted by molar-refractivity contribution is -0.285. The Kier molecular flexibility index (Phi) is 7.80. The number of hydrogen-bond acceptors (Lipinski definition) is 7. The number of nitrogens with zero attached hydrogens (tertiary/aromatic N) is 1. The molecule has 0 bridgehead atoms. The largest absolute Gasteiger partial charge is 0.437 e. The number of ketones is 2. The number of thioether (sulfide) groups is 1. The Hall–Kier alpha value is -3.10. The first-order valence-electron chi connectivity index (χ1n) is 10.8. The highest BCUT2D eigenvalue weighted by Gasteiger charge is 2.66. The summed E-state index contributed by atoms with van der Waals surface area (Å²) < 4.78 is 43.7. The molecule has 37 heavy (non-hydrogen) atoms. The van der Waals surface area contributed by atoms with E-state index in [9.17, 15) is 33.1 Å². The summed E-state index contributed by atoms with van der Waals surface area (Å²) in [5.74, 6) is -5.42. The van der Waals surface area contributed by atoms with Crippen molar-refractivity contribution >= 4 is 46.3 Å². The Morgan fingerprint density at radius 3 is 2.38 bits per heavy atom. The molecule has 0 fully saturated rings. The normalized spacial score (nSPS) is 21.7. The molecule has 3 aromatic rings. The summed E-state index contributed by atoms with van der Waals surface area (Å²) in [5, 5.41) is 24.5. The van der Waals surface area contributed by atoms with E-state index >= 15 is 0 Å². The van der Waals surface area contributed by atoms with E-state index in [1.54, 1.807) is 36.4 Å². The van der Waals surface area contributed by atoms with Gasteiger partial charge in [-0.3, -0.25) is 9.59 Å². The van der Waals surface area contributed by atoms with Crippen LogP contribution in [0.4, 0.5) is 13.2 Å². The first kappa shape index (κ1) is 26.9. The number of benzene rings is 2. The zero-order valence-corrected chi connectivity index (χ0v) is 21.2. The average Bonchev–Trinajstić information content (AvgIpc) is 3.42. The zero-order valence-electron chi connectivity index (χ0n) is 18.8. The standard InChI is InChI=1S/C26H18ClF3N2O3S2/c27-18-10-5-4-9-16(18)21-17(13-31)24(37-14-19(33)15-7-2-1-3-8-15)32-25(35,26(28,29)30)22(21)23(34)20-11-6-12-36-20/h1-12,21-22,32,35H,14H2/t21-,22-,25+/m0/s1. The summed E-state index contributed by atoms with van der Waals surface area (Å²) in [6.45, 7) is 0. The molecule has 0 saturated carbocycles. The SMILES string of the molecule is N#CC1=C(SCC(=O)c2ccccc2)N[C@](O)(C(F)(F)F)[C@H](C(=O)c2cccs2)[C@H]1c1ccccc1Cl. The number of hydrogen-bond donors (Lipinski definition) is 2. The third-order valence-corrected chi connectivity index (χ3v) is 8.17.